The van der Waals surface area contributed by atoms with Gasteiger partial charge in [0.25, 0.3) is 0 Å². The van der Waals surface area contributed by atoms with Crippen molar-refractivity contribution in [2.75, 3.05) is 13.1 Å². The summed E-state index contributed by atoms with van der Waals surface area (Å²) >= 11 is 0. The Morgan fingerprint density at radius 2 is 2.06 bits per heavy atom. The van der Waals surface area contributed by atoms with Gasteiger partial charge >= 0.3 is 0 Å². The van der Waals surface area contributed by atoms with E-state index in [-0.39, 0.29) is 0 Å². The molecule has 0 saturated carbocycles. The van der Waals surface area contributed by atoms with E-state index in [0.717, 1.165) is 37.1 Å². The summed E-state index contributed by atoms with van der Waals surface area (Å²) in [6.45, 7) is 4.04. The summed E-state index contributed by atoms with van der Waals surface area (Å²) in [5.74, 6) is 3.30. The van der Waals surface area contributed by atoms with Crippen molar-refractivity contribution in [2.45, 2.75) is 25.7 Å². The van der Waals surface area contributed by atoms with E-state index in [4.69, 9.17) is 11.7 Å². The number of benzene rings is 1. The predicted octanol–water partition coefficient (Wildman–Crippen LogP) is 2.32. The smallest absolute Gasteiger partial charge is 0.0994 e. The summed E-state index contributed by atoms with van der Waals surface area (Å²) in [5, 5.41) is 12.4. The van der Waals surface area contributed by atoms with Crippen LogP contribution in [0.3, 0.4) is 0 Å². The fourth-order valence-corrected chi connectivity index (χ4v) is 2.52. The van der Waals surface area contributed by atoms with Gasteiger partial charge in [0.2, 0.25) is 0 Å². The van der Waals surface area contributed by atoms with E-state index >= 15 is 0 Å². The lowest BCUT2D eigenvalue weighted by atomic mass is 9.84. The van der Waals surface area contributed by atoms with Crippen molar-refractivity contribution in [3.8, 4) is 18.4 Å². The average Bonchev–Trinajstić information content (AvgIpc) is 2.39. The molecule has 0 atom stereocenters. The lowest BCUT2D eigenvalue weighted by Gasteiger charge is -2.24. The Hall–Kier alpha value is -1.77. The van der Waals surface area contributed by atoms with Crippen LogP contribution < -0.4 is 5.32 Å². The van der Waals surface area contributed by atoms with Crippen LogP contribution in [0, 0.1) is 30.6 Å². The van der Waals surface area contributed by atoms with Gasteiger partial charge in [-0.05, 0) is 56.0 Å². The molecule has 0 amide bonds. The third-order valence-corrected chi connectivity index (χ3v) is 3.54. The maximum absolute atomic E-state index is 9.01. The molecule has 0 radical (unpaired) electrons. The summed E-state index contributed by atoms with van der Waals surface area (Å²) in [5.41, 5.74) is 3.81. The molecule has 0 unspecified atom stereocenters. The highest BCUT2D eigenvalue weighted by Crippen LogP contribution is 2.30. The van der Waals surface area contributed by atoms with Gasteiger partial charge in [0.1, 0.15) is 0 Å². The third kappa shape index (κ3) is 2.18. The van der Waals surface area contributed by atoms with Gasteiger partial charge in [-0.25, -0.2) is 0 Å². The van der Waals surface area contributed by atoms with Gasteiger partial charge in [0.05, 0.1) is 11.6 Å². The second kappa shape index (κ2) is 5.04. The van der Waals surface area contributed by atoms with Gasteiger partial charge in [-0.15, -0.1) is 6.42 Å². The molecule has 1 saturated heterocycles. The molecule has 1 aromatic carbocycles. The van der Waals surface area contributed by atoms with Gasteiger partial charge < -0.3 is 5.32 Å². The van der Waals surface area contributed by atoms with Gasteiger partial charge in [-0.3, -0.25) is 0 Å². The van der Waals surface area contributed by atoms with Crippen LogP contribution in [-0.4, -0.2) is 13.1 Å². The first kappa shape index (κ1) is 11.7. The van der Waals surface area contributed by atoms with Gasteiger partial charge in [-0.1, -0.05) is 12.0 Å². The molecule has 2 rings (SSSR count). The molecule has 0 bridgehead atoms. The highest BCUT2D eigenvalue weighted by molar-refractivity contribution is 5.54. The number of hydrogen-bond acceptors (Lipinski definition) is 2. The Kier molecular flexibility index (Phi) is 3.47. The number of hydrogen-bond donors (Lipinski definition) is 1. The van der Waals surface area contributed by atoms with E-state index in [1.807, 2.05) is 19.1 Å². The van der Waals surface area contributed by atoms with Crippen molar-refractivity contribution in [1.29, 1.82) is 5.26 Å². The fraction of sp³-hybridized carbons (Fsp3) is 0.400. The van der Waals surface area contributed by atoms with E-state index in [2.05, 4.69) is 17.3 Å². The van der Waals surface area contributed by atoms with E-state index < -0.39 is 0 Å². The minimum absolute atomic E-state index is 0.536. The molecule has 1 aromatic rings. The number of terminal acetylenes is 1. The zero-order valence-corrected chi connectivity index (χ0v) is 10.1. The normalized spacial score (nSPS) is 16.2. The molecule has 0 spiro atoms. The number of rotatable bonds is 1. The van der Waals surface area contributed by atoms with Crippen LogP contribution in [0.25, 0.3) is 0 Å². The maximum Gasteiger partial charge on any atom is 0.0994 e. The van der Waals surface area contributed by atoms with Crippen molar-refractivity contribution in [2.24, 2.45) is 0 Å². The SMILES string of the molecule is C#Cc1c(C2CCNCC2)ccc(C#N)c1C. The Morgan fingerprint density at radius 3 is 2.65 bits per heavy atom. The van der Waals surface area contributed by atoms with Gasteiger partial charge in [-0.2, -0.15) is 5.26 Å². The fourth-order valence-electron chi connectivity index (χ4n) is 2.52. The molecular weight excluding hydrogens is 208 g/mol. The van der Waals surface area contributed by atoms with Gasteiger partial charge in [0, 0.05) is 5.56 Å². The lowest BCUT2D eigenvalue weighted by Crippen LogP contribution is -2.27. The predicted molar refractivity (Wildman–Crippen MR) is 68.7 cm³/mol. The summed E-state index contributed by atoms with van der Waals surface area (Å²) in [6, 6.07) is 6.13. The topological polar surface area (TPSA) is 35.8 Å². The molecule has 17 heavy (non-hydrogen) atoms. The summed E-state index contributed by atoms with van der Waals surface area (Å²) in [6.07, 6.45) is 7.86. The van der Waals surface area contributed by atoms with E-state index in [9.17, 15) is 0 Å². The summed E-state index contributed by atoms with van der Waals surface area (Å²) in [4.78, 5) is 0. The average molecular weight is 224 g/mol. The standard InChI is InChI=1S/C15H16N2/c1-3-14-11(2)13(10-16)4-5-15(14)12-6-8-17-9-7-12/h1,4-5,12,17H,6-9H2,2H3. The number of nitriles is 1. The molecule has 0 aromatic heterocycles. The lowest BCUT2D eigenvalue weighted by molar-refractivity contribution is 0.460. The second-order valence-corrected chi connectivity index (χ2v) is 4.48. The Balaban J connectivity index is 2.45. The van der Waals surface area contributed by atoms with Crippen LogP contribution in [0.1, 0.15) is 41.0 Å². The zero-order chi connectivity index (χ0) is 12.3. The molecule has 2 nitrogen and oxygen atoms in total. The van der Waals surface area contributed by atoms with Crippen LogP contribution in [0.5, 0.6) is 0 Å². The first-order valence-electron chi connectivity index (χ1n) is 5.99. The molecule has 2 heteroatoms. The van der Waals surface area contributed by atoms with E-state index in [0.29, 0.717) is 11.5 Å². The molecule has 1 fully saturated rings. The monoisotopic (exact) mass is 224 g/mol. The Morgan fingerprint density at radius 1 is 1.35 bits per heavy atom. The number of nitrogens with zero attached hydrogens (tertiary/aromatic N) is 1. The second-order valence-electron chi connectivity index (χ2n) is 4.48. The quantitative estimate of drug-likeness (QED) is 0.743. The molecule has 1 aliphatic rings. The largest absolute Gasteiger partial charge is 0.317 e. The van der Waals surface area contributed by atoms with Crippen molar-refractivity contribution in [3.63, 3.8) is 0 Å². The first-order valence-corrected chi connectivity index (χ1v) is 5.99. The molecule has 1 N–H and O–H groups in total. The van der Waals surface area contributed by atoms with E-state index in [1.54, 1.807) is 0 Å². The van der Waals surface area contributed by atoms with Crippen LogP contribution in [0.2, 0.25) is 0 Å². The minimum Gasteiger partial charge on any atom is -0.317 e. The molecule has 0 aliphatic carbocycles. The zero-order valence-electron chi connectivity index (χ0n) is 10.1. The third-order valence-electron chi connectivity index (χ3n) is 3.54. The van der Waals surface area contributed by atoms with Crippen molar-refractivity contribution < 1.29 is 0 Å². The van der Waals surface area contributed by atoms with Crippen molar-refractivity contribution >= 4 is 0 Å². The first-order chi connectivity index (χ1) is 8.27. The highest BCUT2D eigenvalue weighted by atomic mass is 14.9. The van der Waals surface area contributed by atoms with E-state index in [1.165, 1.54) is 5.56 Å². The van der Waals surface area contributed by atoms with Crippen molar-refractivity contribution in [3.05, 3.63) is 34.4 Å². The van der Waals surface area contributed by atoms with Gasteiger partial charge in [0.15, 0.2) is 0 Å². The Bertz CT molecular complexity index is 497. The minimum atomic E-state index is 0.536. The van der Waals surface area contributed by atoms with Crippen LogP contribution in [0.15, 0.2) is 12.1 Å². The van der Waals surface area contributed by atoms with Crippen molar-refractivity contribution in [1.82, 2.24) is 5.32 Å². The van der Waals surface area contributed by atoms with Crippen LogP contribution >= 0.6 is 0 Å². The molecule has 86 valence electrons. The number of nitrogens with one attached hydrogen (secondary N) is 1. The summed E-state index contributed by atoms with van der Waals surface area (Å²) in [7, 11) is 0. The van der Waals surface area contributed by atoms with Crippen LogP contribution in [-0.2, 0) is 0 Å². The number of piperidine rings is 1. The van der Waals surface area contributed by atoms with Crippen LogP contribution in [0.4, 0.5) is 0 Å². The Labute approximate surface area is 103 Å². The molecular formula is C15H16N2. The molecule has 1 heterocycles. The maximum atomic E-state index is 9.01. The molecule has 1 aliphatic heterocycles. The highest BCUT2D eigenvalue weighted by Gasteiger charge is 2.19. The summed E-state index contributed by atoms with van der Waals surface area (Å²) < 4.78 is 0.